The predicted molar refractivity (Wildman–Crippen MR) is 96.6 cm³/mol. The SMILES string of the molecule is CN(Cc1nc2ccccc2s1)C(=O)Cn1c(=O)oc2ccccc21. The van der Waals surface area contributed by atoms with E-state index in [1.165, 1.54) is 4.57 Å². The third-order valence-electron chi connectivity index (χ3n) is 4.00. The number of carbonyl (C=O) groups excluding carboxylic acids is 1. The maximum absolute atomic E-state index is 12.5. The van der Waals surface area contributed by atoms with Gasteiger partial charge in [-0.3, -0.25) is 9.36 Å². The van der Waals surface area contributed by atoms with Crippen molar-refractivity contribution in [1.29, 1.82) is 0 Å². The summed E-state index contributed by atoms with van der Waals surface area (Å²) in [4.78, 5) is 30.6. The minimum absolute atomic E-state index is 0.0583. The Morgan fingerprint density at radius 1 is 1.20 bits per heavy atom. The number of hydrogen-bond donors (Lipinski definition) is 0. The molecule has 7 heteroatoms. The van der Waals surface area contributed by atoms with E-state index >= 15 is 0 Å². The van der Waals surface area contributed by atoms with Crippen LogP contribution in [-0.2, 0) is 17.9 Å². The standard InChI is InChI=1S/C18H15N3O3S/c1-20(10-16-19-12-6-2-5-9-15(12)25-16)17(22)11-21-13-7-3-4-8-14(13)24-18(21)23/h2-9H,10-11H2,1H3. The summed E-state index contributed by atoms with van der Waals surface area (Å²) in [7, 11) is 1.71. The second-order valence-electron chi connectivity index (χ2n) is 5.75. The zero-order chi connectivity index (χ0) is 17.4. The molecule has 0 N–H and O–H groups in total. The first-order valence-corrected chi connectivity index (χ1v) is 8.60. The van der Waals surface area contributed by atoms with Crippen LogP contribution in [0.3, 0.4) is 0 Å². The molecule has 4 rings (SSSR count). The lowest BCUT2D eigenvalue weighted by molar-refractivity contribution is -0.131. The average molecular weight is 353 g/mol. The molecule has 2 aromatic carbocycles. The number of para-hydroxylation sites is 3. The third-order valence-corrected chi connectivity index (χ3v) is 5.02. The molecule has 0 fully saturated rings. The molecule has 0 atom stereocenters. The molecule has 2 heterocycles. The van der Waals surface area contributed by atoms with Crippen molar-refractivity contribution in [1.82, 2.24) is 14.5 Å². The van der Waals surface area contributed by atoms with Crippen LogP contribution in [0.2, 0.25) is 0 Å². The molecule has 0 unspecified atom stereocenters. The van der Waals surface area contributed by atoms with Gasteiger partial charge in [0, 0.05) is 7.05 Å². The van der Waals surface area contributed by atoms with Crippen molar-refractivity contribution >= 4 is 38.6 Å². The van der Waals surface area contributed by atoms with Crippen LogP contribution in [0.15, 0.2) is 57.7 Å². The lowest BCUT2D eigenvalue weighted by Gasteiger charge is -2.15. The number of hydrogen-bond acceptors (Lipinski definition) is 5. The average Bonchev–Trinajstić information content (AvgIpc) is 3.15. The van der Waals surface area contributed by atoms with E-state index in [1.54, 1.807) is 41.5 Å². The minimum Gasteiger partial charge on any atom is -0.408 e. The number of oxazole rings is 1. The fourth-order valence-corrected chi connectivity index (χ4v) is 3.72. The molecule has 0 aliphatic carbocycles. The van der Waals surface area contributed by atoms with E-state index in [9.17, 15) is 9.59 Å². The second kappa shape index (κ2) is 6.18. The first-order chi connectivity index (χ1) is 12.1. The number of rotatable bonds is 4. The van der Waals surface area contributed by atoms with E-state index in [1.807, 2.05) is 30.3 Å². The number of fused-ring (bicyclic) bond motifs is 2. The second-order valence-corrected chi connectivity index (χ2v) is 6.86. The zero-order valence-electron chi connectivity index (χ0n) is 13.5. The van der Waals surface area contributed by atoms with Gasteiger partial charge >= 0.3 is 5.76 Å². The fraction of sp³-hybridized carbons (Fsp3) is 0.167. The lowest BCUT2D eigenvalue weighted by Crippen LogP contribution is -2.32. The van der Waals surface area contributed by atoms with E-state index < -0.39 is 5.76 Å². The molecule has 0 aliphatic heterocycles. The number of likely N-dealkylation sites (N-methyl/N-ethyl adjacent to an activating group) is 1. The van der Waals surface area contributed by atoms with Crippen LogP contribution in [-0.4, -0.2) is 27.4 Å². The fourth-order valence-electron chi connectivity index (χ4n) is 2.70. The minimum atomic E-state index is -0.525. The molecule has 4 aromatic rings. The number of nitrogens with zero attached hydrogens (tertiary/aromatic N) is 3. The van der Waals surface area contributed by atoms with Crippen molar-refractivity contribution in [3.05, 3.63) is 64.1 Å². The molecule has 1 amide bonds. The van der Waals surface area contributed by atoms with Gasteiger partial charge in [-0.2, -0.15) is 0 Å². The third kappa shape index (κ3) is 2.94. The number of thiazole rings is 1. The van der Waals surface area contributed by atoms with Crippen LogP contribution in [0.1, 0.15) is 5.01 Å². The Hall–Kier alpha value is -2.93. The Bertz CT molecular complexity index is 1090. The van der Waals surface area contributed by atoms with Gasteiger partial charge < -0.3 is 9.32 Å². The summed E-state index contributed by atoms with van der Waals surface area (Å²) in [6.07, 6.45) is 0. The first-order valence-electron chi connectivity index (χ1n) is 7.78. The van der Waals surface area contributed by atoms with Gasteiger partial charge in [0.15, 0.2) is 5.58 Å². The summed E-state index contributed by atoms with van der Waals surface area (Å²) in [5.41, 5.74) is 2.03. The quantitative estimate of drug-likeness (QED) is 0.566. The van der Waals surface area contributed by atoms with Crippen LogP contribution >= 0.6 is 11.3 Å². The normalized spacial score (nSPS) is 11.2. The van der Waals surface area contributed by atoms with Crippen molar-refractivity contribution in [2.45, 2.75) is 13.1 Å². The van der Waals surface area contributed by atoms with Crippen molar-refractivity contribution in [2.75, 3.05) is 7.05 Å². The van der Waals surface area contributed by atoms with Gasteiger partial charge in [-0.1, -0.05) is 24.3 Å². The van der Waals surface area contributed by atoms with Gasteiger partial charge in [-0.05, 0) is 24.3 Å². The molecule has 0 saturated heterocycles. The Labute approximate surface area is 146 Å². The topological polar surface area (TPSA) is 68.3 Å². The predicted octanol–water partition coefficient (Wildman–Crippen LogP) is 2.86. The Morgan fingerprint density at radius 3 is 2.80 bits per heavy atom. The van der Waals surface area contributed by atoms with Crippen molar-refractivity contribution < 1.29 is 9.21 Å². The van der Waals surface area contributed by atoms with Gasteiger partial charge in [0.2, 0.25) is 5.91 Å². The zero-order valence-corrected chi connectivity index (χ0v) is 14.3. The molecule has 0 bridgehead atoms. The van der Waals surface area contributed by atoms with E-state index in [-0.39, 0.29) is 12.5 Å². The molecule has 6 nitrogen and oxygen atoms in total. The van der Waals surface area contributed by atoms with Crippen molar-refractivity contribution in [3.63, 3.8) is 0 Å². The largest absolute Gasteiger partial charge is 0.420 e. The molecule has 0 spiro atoms. The first kappa shape index (κ1) is 15.6. The molecule has 25 heavy (non-hydrogen) atoms. The number of benzene rings is 2. The van der Waals surface area contributed by atoms with Crippen molar-refractivity contribution in [3.8, 4) is 0 Å². The van der Waals surface area contributed by atoms with Crippen molar-refractivity contribution in [2.24, 2.45) is 0 Å². The molecular formula is C18H15N3O3S. The van der Waals surface area contributed by atoms with Crippen LogP contribution in [0.4, 0.5) is 0 Å². The molecular weight excluding hydrogens is 338 g/mol. The summed E-state index contributed by atoms with van der Waals surface area (Å²) < 4.78 is 7.61. The Morgan fingerprint density at radius 2 is 1.96 bits per heavy atom. The lowest BCUT2D eigenvalue weighted by atomic mass is 10.3. The van der Waals surface area contributed by atoms with Crippen LogP contribution in [0.25, 0.3) is 21.3 Å². The Kier molecular flexibility index (Phi) is 3.85. The summed E-state index contributed by atoms with van der Waals surface area (Å²) in [5.74, 6) is -0.698. The van der Waals surface area contributed by atoms with Gasteiger partial charge in [-0.25, -0.2) is 9.78 Å². The monoisotopic (exact) mass is 353 g/mol. The molecule has 126 valence electrons. The smallest absolute Gasteiger partial charge is 0.408 e. The van der Waals surface area contributed by atoms with Crippen LogP contribution in [0.5, 0.6) is 0 Å². The highest BCUT2D eigenvalue weighted by Gasteiger charge is 2.16. The maximum Gasteiger partial charge on any atom is 0.420 e. The molecule has 0 saturated carbocycles. The van der Waals surface area contributed by atoms with Gasteiger partial charge in [-0.15, -0.1) is 11.3 Å². The summed E-state index contributed by atoms with van der Waals surface area (Å²) in [6, 6.07) is 14.9. The highest BCUT2D eigenvalue weighted by molar-refractivity contribution is 7.18. The Balaban J connectivity index is 1.53. The van der Waals surface area contributed by atoms with Crippen LogP contribution in [0, 0.1) is 0 Å². The van der Waals surface area contributed by atoms with E-state index in [0.717, 1.165) is 15.2 Å². The molecule has 0 aliphatic rings. The van der Waals surface area contributed by atoms with Crippen LogP contribution < -0.4 is 5.76 Å². The van der Waals surface area contributed by atoms with Gasteiger partial charge in [0.1, 0.15) is 11.6 Å². The summed E-state index contributed by atoms with van der Waals surface area (Å²) >= 11 is 1.56. The highest BCUT2D eigenvalue weighted by atomic mass is 32.1. The highest BCUT2D eigenvalue weighted by Crippen LogP contribution is 2.22. The summed E-state index contributed by atoms with van der Waals surface area (Å²) in [6.45, 7) is 0.347. The van der Waals surface area contributed by atoms with Gasteiger partial charge in [0.25, 0.3) is 0 Å². The van der Waals surface area contributed by atoms with E-state index in [0.29, 0.717) is 17.6 Å². The van der Waals surface area contributed by atoms with E-state index in [2.05, 4.69) is 4.98 Å². The number of aromatic nitrogens is 2. The molecule has 0 radical (unpaired) electrons. The number of amides is 1. The van der Waals surface area contributed by atoms with E-state index in [4.69, 9.17) is 4.42 Å². The summed E-state index contributed by atoms with van der Waals surface area (Å²) in [5, 5.41) is 0.862. The van der Waals surface area contributed by atoms with Gasteiger partial charge in [0.05, 0.1) is 22.3 Å². The number of carbonyl (C=O) groups is 1. The molecule has 2 aromatic heterocycles. The maximum atomic E-state index is 12.5.